The topological polar surface area (TPSA) is 57.5 Å². The maximum absolute atomic E-state index is 13.2. The van der Waals surface area contributed by atoms with Crippen LogP contribution < -0.4 is 9.80 Å². The molecule has 1 saturated heterocycles. The van der Waals surface area contributed by atoms with E-state index in [4.69, 9.17) is 4.98 Å². The lowest BCUT2D eigenvalue weighted by Gasteiger charge is -2.36. The predicted octanol–water partition coefficient (Wildman–Crippen LogP) is 3.71. The molecule has 1 fully saturated rings. The second kappa shape index (κ2) is 8.82. The van der Waals surface area contributed by atoms with Gasteiger partial charge in [0.2, 0.25) is 5.91 Å². The van der Waals surface area contributed by atoms with Crippen LogP contribution in [0.2, 0.25) is 0 Å². The van der Waals surface area contributed by atoms with E-state index in [0.717, 1.165) is 45.6 Å². The van der Waals surface area contributed by atoms with E-state index >= 15 is 0 Å². The molecule has 2 aromatic carbocycles. The van der Waals surface area contributed by atoms with E-state index in [2.05, 4.69) is 10.00 Å². The fourth-order valence-electron chi connectivity index (χ4n) is 4.07. The first kappa shape index (κ1) is 21.4. The molecule has 5 rings (SSSR count). The average molecular weight is 465 g/mol. The normalized spacial score (nSPS) is 14.2. The molecule has 0 bridgehead atoms. The molecule has 2 aromatic heterocycles. The summed E-state index contributed by atoms with van der Waals surface area (Å²) < 4.78 is 16.1. The highest BCUT2D eigenvalue weighted by atomic mass is 32.1. The number of aromatic nitrogens is 3. The zero-order valence-electron chi connectivity index (χ0n) is 18.6. The molecule has 33 heavy (non-hydrogen) atoms. The van der Waals surface area contributed by atoms with Crippen molar-refractivity contribution in [3.05, 3.63) is 66.1 Å². The third-order valence-electron chi connectivity index (χ3n) is 5.90. The Balaban J connectivity index is 1.25. The van der Waals surface area contributed by atoms with Crippen LogP contribution in [0.1, 0.15) is 5.69 Å². The number of anilines is 2. The van der Waals surface area contributed by atoms with Gasteiger partial charge in [-0.3, -0.25) is 4.79 Å². The number of nitrogens with zero attached hydrogens (tertiary/aromatic N) is 6. The Bertz CT molecular complexity index is 1260. The Morgan fingerprint density at radius 1 is 1.03 bits per heavy atom. The van der Waals surface area contributed by atoms with Crippen LogP contribution in [0, 0.1) is 12.7 Å². The number of piperazine rings is 1. The van der Waals surface area contributed by atoms with Crippen molar-refractivity contribution < 1.29 is 9.18 Å². The fourth-order valence-corrected chi connectivity index (χ4v) is 5.02. The van der Waals surface area contributed by atoms with Crippen LogP contribution in [-0.2, 0) is 4.79 Å². The number of rotatable bonds is 5. The number of halogens is 1. The van der Waals surface area contributed by atoms with Crippen LogP contribution >= 0.6 is 11.3 Å². The summed E-state index contributed by atoms with van der Waals surface area (Å²) in [5, 5.41) is 5.44. The minimum atomic E-state index is -0.239. The number of likely N-dealkylation sites (N-methyl/N-ethyl adjacent to an activating group) is 1. The summed E-state index contributed by atoms with van der Waals surface area (Å²) in [5.41, 5.74) is 3.68. The lowest BCUT2D eigenvalue weighted by atomic mass is 10.2. The molecule has 1 aliphatic heterocycles. The number of hydrogen-bond acceptors (Lipinski definition) is 6. The van der Waals surface area contributed by atoms with Crippen LogP contribution in [0.4, 0.5) is 15.2 Å². The number of thiazole rings is 1. The molecule has 0 atom stereocenters. The summed E-state index contributed by atoms with van der Waals surface area (Å²) in [4.78, 5) is 23.7. The summed E-state index contributed by atoms with van der Waals surface area (Å²) in [6, 6.07) is 16.4. The lowest BCUT2D eigenvalue weighted by molar-refractivity contribution is -0.129. The molecule has 0 spiro atoms. The molecule has 9 heteroatoms. The Morgan fingerprint density at radius 2 is 1.73 bits per heavy atom. The maximum atomic E-state index is 13.2. The van der Waals surface area contributed by atoms with Gasteiger partial charge in [0.25, 0.3) is 0 Å². The summed E-state index contributed by atoms with van der Waals surface area (Å²) in [5.74, 6) is -0.158. The molecule has 1 amide bonds. The summed E-state index contributed by atoms with van der Waals surface area (Å²) in [7, 11) is 1.90. The number of aryl methyl sites for hydroxylation is 1. The van der Waals surface area contributed by atoms with Crippen LogP contribution in [0.5, 0.6) is 0 Å². The minimum Gasteiger partial charge on any atom is -0.368 e. The van der Waals surface area contributed by atoms with E-state index in [0.29, 0.717) is 13.1 Å². The predicted molar refractivity (Wildman–Crippen MR) is 130 cm³/mol. The SMILES string of the molecule is Cc1nn(-c2ccccc2)c2nc(N(C)CC(=O)N3CCN(c4ccc(F)cc4)CC3)sc12. The maximum Gasteiger partial charge on any atom is 0.242 e. The number of amides is 1. The Morgan fingerprint density at radius 3 is 2.42 bits per heavy atom. The smallest absolute Gasteiger partial charge is 0.242 e. The first-order valence-electron chi connectivity index (χ1n) is 10.9. The van der Waals surface area contributed by atoms with E-state index in [1.54, 1.807) is 23.5 Å². The summed E-state index contributed by atoms with van der Waals surface area (Å²) in [6.07, 6.45) is 0. The zero-order valence-corrected chi connectivity index (χ0v) is 19.4. The van der Waals surface area contributed by atoms with Gasteiger partial charge in [-0.15, -0.1) is 0 Å². The number of carbonyl (C=O) groups excluding carboxylic acids is 1. The van der Waals surface area contributed by atoms with Crippen LogP contribution in [-0.4, -0.2) is 65.3 Å². The standard InChI is InChI=1S/C24H25FN6OS/c1-17-22-23(31(27-17)20-6-4-3-5-7-20)26-24(33-22)28(2)16-21(32)30-14-12-29(13-15-30)19-10-8-18(25)9-11-19/h3-11H,12-16H2,1-2H3. The number of para-hydroxylation sites is 1. The summed E-state index contributed by atoms with van der Waals surface area (Å²) in [6.45, 7) is 5.00. The molecular formula is C24H25FN6OS. The quantitative estimate of drug-likeness (QED) is 0.451. The molecule has 0 saturated carbocycles. The first-order valence-corrected chi connectivity index (χ1v) is 11.7. The van der Waals surface area contributed by atoms with Gasteiger partial charge in [0.15, 0.2) is 10.8 Å². The van der Waals surface area contributed by atoms with Crippen molar-refractivity contribution in [2.24, 2.45) is 0 Å². The third-order valence-corrected chi connectivity index (χ3v) is 7.17. The Labute approximate surface area is 195 Å². The molecule has 0 N–H and O–H groups in total. The highest BCUT2D eigenvalue weighted by Crippen LogP contribution is 2.32. The van der Waals surface area contributed by atoms with Gasteiger partial charge in [-0.05, 0) is 43.3 Å². The molecule has 1 aliphatic rings. The van der Waals surface area contributed by atoms with Gasteiger partial charge in [-0.1, -0.05) is 29.5 Å². The lowest BCUT2D eigenvalue weighted by Crippen LogP contribution is -2.51. The molecule has 0 aliphatic carbocycles. The minimum absolute atomic E-state index is 0.0805. The van der Waals surface area contributed by atoms with Gasteiger partial charge in [0.1, 0.15) is 5.82 Å². The van der Waals surface area contributed by atoms with Crippen molar-refractivity contribution in [3.63, 3.8) is 0 Å². The van der Waals surface area contributed by atoms with Gasteiger partial charge in [-0.25, -0.2) is 9.07 Å². The third kappa shape index (κ3) is 4.28. The summed E-state index contributed by atoms with van der Waals surface area (Å²) >= 11 is 1.56. The van der Waals surface area contributed by atoms with Gasteiger partial charge in [0.05, 0.1) is 22.6 Å². The van der Waals surface area contributed by atoms with Crippen LogP contribution in [0.15, 0.2) is 54.6 Å². The zero-order chi connectivity index (χ0) is 22.9. The van der Waals surface area contributed by atoms with Gasteiger partial charge >= 0.3 is 0 Å². The number of fused-ring (bicyclic) bond motifs is 1. The van der Waals surface area contributed by atoms with Gasteiger partial charge < -0.3 is 14.7 Å². The van der Waals surface area contributed by atoms with Crippen molar-refractivity contribution in [3.8, 4) is 5.69 Å². The van der Waals surface area contributed by atoms with Gasteiger partial charge in [0, 0.05) is 38.9 Å². The second-order valence-electron chi connectivity index (χ2n) is 8.18. The second-order valence-corrected chi connectivity index (χ2v) is 9.16. The molecular weight excluding hydrogens is 439 g/mol. The molecule has 7 nitrogen and oxygen atoms in total. The first-order chi connectivity index (χ1) is 16.0. The van der Waals surface area contributed by atoms with E-state index in [1.165, 1.54) is 12.1 Å². The Kier molecular flexibility index (Phi) is 5.72. The monoisotopic (exact) mass is 464 g/mol. The van der Waals surface area contributed by atoms with Crippen LogP contribution in [0.3, 0.4) is 0 Å². The fraction of sp³-hybridized carbons (Fsp3) is 0.292. The highest BCUT2D eigenvalue weighted by molar-refractivity contribution is 7.22. The number of benzene rings is 2. The van der Waals surface area contributed by atoms with Gasteiger partial charge in [-0.2, -0.15) is 10.1 Å². The van der Waals surface area contributed by atoms with E-state index in [-0.39, 0.29) is 18.3 Å². The van der Waals surface area contributed by atoms with E-state index in [9.17, 15) is 9.18 Å². The van der Waals surface area contributed by atoms with Crippen LogP contribution in [0.25, 0.3) is 16.0 Å². The Hall–Kier alpha value is -3.46. The van der Waals surface area contributed by atoms with Crippen molar-refractivity contribution in [2.45, 2.75) is 6.92 Å². The van der Waals surface area contributed by atoms with E-state index < -0.39 is 0 Å². The number of carbonyl (C=O) groups is 1. The number of hydrogen-bond donors (Lipinski definition) is 0. The molecule has 0 unspecified atom stereocenters. The highest BCUT2D eigenvalue weighted by Gasteiger charge is 2.24. The van der Waals surface area contributed by atoms with Crippen molar-refractivity contribution in [1.82, 2.24) is 19.7 Å². The molecule has 3 heterocycles. The van der Waals surface area contributed by atoms with Crippen molar-refractivity contribution >= 4 is 38.4 Å². The van der Waals surface area contributed by atoms with Crippen molar-refractivity contribution in [1.29, 1.82) is 0 Å². The molecule has 0 radical (unpaired) electrons. The largest absolute Gasteiger partial charge is 0.368 e. The van der Waals surface area contributed by atoms with E-state index in [1.807, 2.05) is 58.8 Å². The van der Waals surface area contributed by atoms with Crippen molar-refractivity contribution in [2.75, 3.05) is 49.6 Å². The molecule has 170 valence electrons. The average Bonchev–Trinajstić information content (AvgIpc) is 3.41. The molecule has 4 aromatic rings.